The van der Waals surface area contributed by atoms with Crippen molar-refractivity contribution in [1.29, 1.82) is 0 Å². The van der Waals surface area contributed by atoms with Crippen molar-refractivity contribution in [3.05, 3.63) is 23.8 Å². The Hall–Kier alpha value is -1.55. The third-order valence-corrected chi connectivity index (χ3v) is 5.09. The number of rotatable bonds is 4. The van der Waals surface area contributed by atoms with E-state index in [1.165, 1.54) is 5.56 Å². The van der Waals surface area contributed by atoms with E-state index >= 15 is 0 Å². The molecule has 114 valence electrons. The lowest BCUT2D eigenvalue weighted by Crippen LogP contribution is -2.43. The predicted octanol–water partition coefficient (Wildman–Crippen LogP) is 2.35. The summed E-state index contributed by atoms with van der Waals surface area (Å²) in [5.74, 6) is 1.94. The predicted molar refractivity (Wildman–Crippen MR) is 80.9 cm³/mol. The van der Waals surface area contributed by atoms with Gasteiger partial charge < -0.3 is 14.8 Å². The molecule has 3 rings (SSSR count). The van der Waals surface area contributed by atoms with Crippen LogP contribution in [0.4, 0.5) is 0 Å². The molecule has 2 atom stereocenters. The van der Waals surface area contributed by atoms with Gasteiger partial charge in [0.2, 0.25) is 0 Å². The third-order valence-electron chi connectivity index (χ3n) is 5.09. The van der Waals surface area contributed by atoms with Crippen molar-refractivity contribution in [1.82, 2.24) is 5.32 Å². The Labute approximate surface area is 125 Å². The van der Waals surface area contributed by atoms with E-state index in [1.807, 2.05) is 6.07 Å². The molecule has 1 aromatic rings. The smallest absolute Gasteiger partial charge is 0.160 e. The summed E-state index contributed by atoms with van der Waals surface area (Å²) in [4.78, 5) is 11.7. The Morgan fingerprint density at radius 1 is 1.24 bits per heavy atom. The van der Waals surface area contributed by atoms with Crippen molar-refractivity contribution in [2.45, 2.75) is 38.1 Å². The minimum Gasteiger partial charge on any atom is -0.493 e. The van der Waals surface area contributed by atoms with Crippen molar-refractivity contribution in [2.75, 3.05) is 20.8 Å². The number of fused-ring (bicyclic) bond motifs is 1. The molecule has 1 aliphatic carbocycles. The summed E-state index contributed by atoms with van der Waals surface area (Å²) in [5.41, 5.74) is 1.49. The highest BCUT2D eigenvalue weighted by atomic mass is 16.5. The first-order valence-electron chi connectivity index (χ1n) is 7.63. The molecule has 2 aliphatic rings. The monoisotopic (exact) mass is 289 g/mol. The summed E-state index contributed by atoms with van der Waals surface area (Å²) in [6.45, 7) is 1.02. The maximum absolute atomic E-state index is 11.7. The maximum Gasteiger partial charge on any atom is 0.160 e. The summed E-state index contributed by atoms with van der Waals surface area (Å²) >= 11 is 0. The molecule has 1 aliphatic heterocycles. The summed E-state index contributed by atoms with van der Waals surface area (Å²) in [6, 6.07) is 6.49. The second-order valence-corrected chi connectivity index (χ2v) is 6.23. The van der Waals surface area contributed by atoms with Gasteiger partial charge in [0.1, 0.15) is 5.78 Å². The Kier molecular flexibility index (Phi) is 3.89. The molecule has 0 spiro atoms. The molecule has 4 nitrogen and oxygen atoms in total. The summed E-state index contributed by atoms with van der Waals surface area (Å²) in [5, 5.41) is 3.52. The van der Waals surface area contributed by atoms with Crippen molar-refractivity contribution in [3.63, 3.8) is 0 Å². The average Bonchev–Trinajstić information content (AvgIpc) is 2.90. The van der Waals surface area contributed by atoms with E-state index in [0.29, 0.717) is 18.2 Å². The lowest BCUT2D eigenvalue weighted by Gasteiger charge is -2.38. The van der Waals surface area contributed by atoms with Gasteiger partial charge in [0, 0.05) is 18.9 Å². The quantitative estimate of drug-likeness (QED) is 0.924. The Balaban J connectivity index is 1.83. The zero-order chi connectivity index (χ0) is 14.9. The van der Waals surface area contributed by atoms with Crippen LogP contribution < -0.4 is 14.8 Å². The molecule has 1 aromatic carbocycles. The van der Waals surface area contributed by atoms with E-state index in [1.54, 1.807) is 14.2 Å². The Morgan fingerprint density at radius 3 is 2.81 bits per heavy atom. The van der Waals surface area contributed by atoms with Crippen LogP contribution in [0.2, 0.25) is 0 Å². The average molecular weight is 289 g/mol. The number of methoxy groups -OCH3 is 2. The molecular weight excluding hydrogens is 266 g/mol. The zero-order valence-electron chi connectivity index (χ0n) is 12.8. The minimum atomic E-state index is 0.230. The van der Waals surface area contributed by atoms with Crippen LogP contribution in [0.25, 0.3) is 0 Å². The number of carbonyl (C=O) groups is 1. The molecule has 1 saturated carbocycles. The number of hydrogen-bond acceptors (Lipinski definition) is 4. The number of ketones is 1. The lowest BCUT2D eigenvalue weighted by atomic mass is 9.67. The van der Waals surface area contributed by atoms with Crippen LogP contribution in [0.1, 0.15) is 31.2 Å². The highest BCUT2D eigenvalue weighted by Crippen LogP contribution is 2.45. The van der Waals surface area contributed by atoms with Gasteiger partial charge in [0.25, 0.3) is 0 Å². The van der Waals surface area contributed by atoms with Gasteiger partial charge in [-0.1, -0.05) is 6.07 Å². The fourth-order valence-electron chi connectivity index (χ4n) is 3.89. The van der Waals surface area contributed by atoms with E-state index in [4.69, 9.17) is 9.47 Å². The van der Waals surface area contributed by atoms with Crippen LogP contribution in [-0.2, 0) is 11.2 Å². The fraction of sp³-hybridized carbons (Fsp3) is 0.588. The van der Waals surface area contributed by atoms with Gasteiger partial charge in [-0.05, 0) is 48.9 Å². The highest BCUT2D eigenvalue weighted by Gasteiger charge is 2.46. The number of hydrogen-bond donors (Lipinski definition) is 1. The molecule has 0 radical (unpaired) electrons. The Morgan fingerprint density at radius 2 is 2.05 bits per heavy atom. The molecule has 0 bridgehead atoms. The molecule has 21 heavy (non-hydrogen) atoms. The van der Waals surface area contributed by atoms with Crippen LogP contribution in [0, 0.1) is 5.41 Å². The molecule has 1 saturated heterocycles. The minimum absolute atomic E-state index is 0.230. The maximum atomic E-state index is 11.7. The van der Waals surface area contributed by atoms with Crippen LogP contribution in [0.15, 0.2) is 18.2 Å². The van der Waals surface area contributed by atoms with Crippen LogP contribution >= 0.6 is 0 Å². The molecule has 0 unspecified atom stereocenters. The first-order chi connectivity index (χ1) is 10.2. The van der Waals surface area contributed by atoms with Gasteiger partial charge in [-0.15, -0.1) is 0 Å². The van der Waals surface area contributed by atoms with E-state index < -0.39 is 0 Å². The SMILES string of the molecule is COc1ccc(C[C@]23CCN[C@@H]2CC(=O)CC3)cc1OC. The normalized spacial score (nSPS) is 28.3. The largest absolute Gasteiger partial charge is 0.493 e. The molecular formula is C17H23NO3. The van der Waals surface area contributed by atoms with E-state index in [0.717, 1.165) is 43.7 Å². The van der Waals surface area contributed by atoms with Crippen LogP contribution in [-0.4, -0.2) is 32.6 Å². The van der Waals surface area contributed by atoms with Crippen molar-refractivity contribution < 1.29 is 14.3 Å². The third kappa shape index (κ3) is 2.64. The molecule has 0 amide bonds. The number of ether oxygens (including phenoxy) is 2. The van der Waals surface area contributed by atoms with Gasteiger partial charge in [-0.25, -0.2) is 0 Å². The summed E-state index contributed by atoms with van der Waals surface area (Å²) < 4.78 is 10.7. The van der Waals surface area contributed by atoms with Gasteiger partial charge in [0.05, 0.1) is 14.2 Å². The van der Waals surface area contributed by atoms with Gasteiger partial charge >= 0.3 is 0 Å². The van der Waals surface area contributed by atoms with Crippen LogP contribution in [0.5, 0.6) is 11.5 Å². The summed E-state index contributed by atoms with van der Waals surface area (Å²) in [6.07, 6.45) is 4.56. The second-order valence-electron chi connectivity index (χ2n) is 6.23. The number of nitrogens with one attached hydrogen (secondary N) is 1. The topological polar surface area (TPSA) is 47.6 Å². The molecule has 4 heteroatoms. The van der Waals surface area contributed by atoms with E-state index in [9.17, 15) is 4.79 Å². The standard InChI is InChI=1S/C17H23NO3/c1-20-14-4-3-12(9-15(14)21-2)11-17-6-5-13(19)10-16(17)18-8-7-17/h3-4,9,16,18H,5-8,10-11H2,1-2H3/t16-,17+/m1/s1. The summed E-state index contributed by atoms with van der Waals surface area (Å²) in [7, 11) is 3.32. The highest BCUT2D eigenvalue weighted by molar-refractivity contribution is 5.80. The van der Waals surface area contributed by atoms with Gasteiger partial charge in [0.15, 0.2) is 11.5 Å². The van der Waals surface area contributed by atoms with E-state index in [-0.39, 0.29) is 5.41 Å². The number of Topliss-reactive ketones (excluding diaryl/α,β-unsaturated/α-hetero) is 1. The number of carbonyl (C=O) groups excluding carboxylic acids is 1. The molecule has 1 N–H and O–H groups in total. The van der Waals surface area contributed by atoms with Crippen LogP contribution in [0.3, 0.4) is 0 Å². The number of benzene rings is 1. The molecule has 1 heterocycles. The molecule has 0 aromatic heterocycles. The van der Waals surface area contributed by atoms with Crippen molar-refractivity contribution in [3.8, 4) is 11.5 Å². The first-order valence-corrected chi connectivity index (χ1v) is 7.63. The van der Waals surface area contributed by atoms with E-state index in [2.05, 4.69) is 17.4 Å². The van der Waals surface area contributed by atoms with Gasteiger partial charge in [-0.2, -0.15) is 0 Å². The zero-order valence-corrected chi connectivity index (χ0v) is 12.8. The first kappa shape index (κ1) is 14.4. The Bertz CT molecular complexity index is 543. The van der Waals surface area contributed by atoms with Crippen molar-refractivity contribution in [2.24, 2.45) is 5.41 Å². The lowest BCUT2D eigenvalue weighted by molar-refractivity contribution is -0.122. The second kappa shape index (κ2) is 5.68. The molecule has 2 fully saturated rings. The van der Waals surface area contributed by atoms with Gasteiger partial charge in [-0.3, -0.25) is 4.79 Å². The van der Waals surface area contributed by atoms with Crippen molar-refractivity contribution >= 4 is 5.78 Å². The fourth-order valence-corrected chi connectivity index (χ4v) is 3.89.